The van der Waals surface area contributed by atoms with Crippen LogP contribution < -0.4 is 5.32 Å². The van der Waals surface area contributed by atoms with E-state index in [9.17, 15) is 0 Å². The molecule has 0 aliphatic rings. The summed E-state index contributed by atoms with van der Waals surface area (Å²) in [7, 11) is 4.27. The Kier molecular flexibility index (Phi) is 5.77. The Morgan fingerprint density at radius 3 is 2.43 bits per heavy atom. The first kappa shape index (κ1) is 16.0. The van der Waals surface area contributed by atoms with E-state index < -0.39 is 0 Å². The van der Waals surface area contributed by atoms with Gasteiger partial charge in [-0.25, -0.2) is 0 Å². The van der Waals surface area contributed by atoms with Crippen molar-refractivity contribution in [3.63, 3.8) is 0 Å². The second-order valence-electron chi connectivity index (χ2n) is 6.18. The second-order valence-corrected chi connectivity index (χ2v) is 6.18. The molecular formula is C19H28N2. The molecule has 0 amide bonds. The van der Waals surface area contributed by atoms with Gasteiger partial charge in [-0.2, -0.15) is 0 Å². The number of rotatable bonds is 7. The molecule has 2 atom stereocenters. The zero-order valence-corrected chi connectivity index (χ0v) is 13.8. The van der Waals surface area contributed by atoms with E-state index >= 15 is 0 Å². The van der Waals surface area contributed by atoms with Gasteiger partial charge >= 0.3 is 0 Å². The minimum absolute atomic E-state index is 0.378. The van der Waals surface area contributed by atoms with Gasteiger partial charge in [0.05, 0.1) is 0 Å². The quantitative estimate of drug-likeness (QED) is 0.824. The maximum atomic E-state index is 3.46. The molecule has 0 saturated heterocycles. The molecule has 0 bridgehead atoms. The number of hydrogen-bond donors (Lipinski definition) is 1. The van der Waals surface area contributed by atoms with Crippen molar-refractivity contribution in [1.29, 1.82) is 0 Å². The van der Waals surface area contributed by atoms with E-state index in [0.717, 1.165) is 19.0 Å². The molecule has 0 radical (unpaired) electrons. The molecule has 0 spiro atoms. The molecule has 2 heteroatoms. The van der Waals surface area contributed by atoms with Crippen LogP contribution >= 0.6 is 0 Å². The minimum Gasteiger partial charge on any atom is -0.312 e. The van der Waals surface area contributed by atoms with E-state index in [4.69, 9.17) is 0 Å². The lowest BCUT2D eigenvalue weighted by molar-refractivity contribution is 0.256. The van der Waals surface area contributed by atoms with Gasteiger partial charge in [-0.1, -0.05) is 56.7 Å². The van der Waals surface area contributed by atoms with Gasteiger partial charge in [0.15, 0.2) is 0 Å². The van der Waals surface area contributed by atoms with Crippen molar-refractivity contribution < 1.29 is 0 Å². The molecule has 0 aliphatic carbocycles. The smallest absolute Gasteiger partial charge is 0.0446 e. The van der Waals surface area contributed by atoms with Crippen molar-refractivity contribution in [3.05, 3.63) is 48.0 Å². The van der Waals surface area contributed by atoms with Crippen LogP contribution in [0.3, 0.4) is 0 Å². The summed E-state index contributed by atoms with van der Waals surface area (Å²) in [5.41, 5.74) is 1.37. The topological polar surface area (TPSA) is 15.3 Å². The summed E-state index contributed by atoms with van der Waals surface area (Å²) in [6.07, 6.45) is 1.24. The van der Waals surface area contributed by atoms with Crippen LogP contribution in [0, 0.1) is 5.92 Å². The van der Waals surface area contributed by atoms with Crippen molar-refractivity contribution in [2.45, 2.75) is 26.3 Å². The van der Waals surface area contributed by atoms with Crippen LogP contribution in [0.5, 0.6) is 0 Å². The molecule has 114 valence electrons. The van der Waals surface area contributed by atoms with Crippen molar-refractivity contribution in [1.82, 2.24) is 10.2 Å². The van der Waals surface area contributed by atoms with E-state index in [-0.39, 0.29) is 0 Å². The highest BCUT2D eigenvalue weighted by Gasteiger charge is 2.13. The molecule has 0 heterocycles. The summed E-state index contributed by atoms with van der Waals surface area (Å²) < 4.78 is 0. The Bertz CT molecular complexity index is 564. The average molecular weight is 284 g/mol. The van der Waals surface area contributed by atoms with E-state index in [2.05, 4.69) is 80.6 Å². The Morgan fingerprint density at radius 2 is 1.76 bits per heavy atom. The summed E-state index contributed by atoms with van der Waals surface area (Å²) in [4.78, 5) is 2.44. The van der Waals surface area contributed by atoms with Gasteiger partial charge in [0, 0.05) is 19.1 Å². The largest absolute Gasteiger partial charge is 0.312 e. The highest BCUT2D eigenvalue weighted by molar-refractivity contribution is 5.83. The maximum absolute atomic E-state index is 3.46. The lowest BCUT2D eigenvalue weighted by Crippen LogP contribution is -2.33. The first-order valence-electron chi connectivity index (χ1n) is 7.98. The Hall–Kier alpha value is -1.38. The van der Waals surface area contributed by atoms with Crippen molar-refractivity contribution >= 4 is 10.8 Å². The average Bonchev–Trinajstić information content (AvgIpc) is 2.52. The molecule has 0 saturated carbocycles. The molecule has 2 aromatic rings. The van der Waals surface area contributed by atoms with E-state index in [1.54, 1.807) is 0 Å². The predicted octanol–water partition coefficient (Wildman–Crippen LogP) is 4.08. The highest BCUT2D eigenvalue weighted by atomic mass is 15.1. The fourth-order valence-corrected chi connectivity index (χ4v) is 2.84. The molecular weight excluding hydrogens is 256 g/mol. The SMILES string of the molecule is CCC(C)CN(C)CC(NC)c1ccc2ccccc2c1. The molecule has 2 nitrogen and oxygen atoms in total. The van der Waals surface area contributed by atoms with Gasteiger partial charge in [0.25, 0.3) is 0 Å². The summed E-state index contributed by atoms with van der Waals surface area (Å²) in [6.45, 7) is 6.78. The fourth-order valence-electron chi connectivity index (χ4n) is 2.84. The highest BCUT2D eigenvalue weighted by Crippen LogP contribution is 2.21. The monoisotopic (exact) mass is 284 g/mol. The van der Waals surface area contributed by atoms with Crippen LogP contribution in [0.15, 0.2) is 42.5 Å². The lowest BCUT2D eigenvalue weighted by Gasteiger charge is -2.26. The number of benzene rings is 2. The van der Waals surface area contributed by atoms with Gasteiger partial charge in [0.1, 0.15) is 0 Å². The molecule has 2 aromatic carbocycles. The van der Waals surface area contributed by atoms with Gasteiger partial charge in [-0.05, 0) is 42.4 Å². The van der Waals surface area contributed by atoms with Crippen LogP contribution in [-0.2, 0) is 0 Å². The molecule has 2 unspecified atom stereocenters. The second kappa shape index (κ2) is 7.58. The van der Waals surface area contributed by atoms with Crippen LogP contribution in [0.1, 0.15) is 31.9 Å². The van der Waals surface area contributed by atoms with Crippen molar-refractivity contribution in [2.24, 2.45) is 5.92 Å². The van der Waals surface area contributed by atoms with Crippen molar-refractivity contribution in [3.8, 4) is 0 Å². The third-order valence-electron chi connectivity index (χ3n) is 4.34. The maximum Gasteiger partial charge on any atom is 0.0446 e. The Labute approximate surface area is 129 Å². The van der Waals surface area contributed by atoms with Gasteiger partial charge < -0.3 is 10.2 Å². The number of hydrogen-bond acceptors (Lipinski definition) is 2. The normalized spacial score (nSPS) is 14.5. The number of nitrogens with zero attached hydrogens (tertiary/aromatic N) is 1. The van der Waals surface area contributed by atoms with E-state index in [0.29, 0.717) is 6.04 Å². The Balaban J connectivity index is 2.11. The Morgan fingerprint density at radius 1 is 1.05 bits per heavy atom. The lowest BCUT2D eigenvalue weighted by atomic mass is 10.0. The molecule has 0 aromatic heterocycles. The third-order valence-corrected chi connectivity index (χ3v) is 4.34. The first-order chi connectivity index (χ1) is 10.1. The zero-order valence-electron chi connectivity index (χ0n) is 13.8. The van der Waals surface area contributed by atoms with Gasteiger partial charge in [0.2, 0.25) is 0 Å². The van der Waals surface area contributed by atoms with E-state index in [1.807, 2.05) is 0 Å². The standard InChI is InChI=1S/C19H28N2/c1-5-15(2)13-21(4)14-19(20-3)18-11-10-16-8-6-7-9-17(16)12-18/h6-12,15,19-20H,5,13-14H2,1-4H3. The fraction of sp³-hybridized carbons (Fsp3) is 0.474. The molecule has 0 aliphatic heterocycles. The van der Waals surface area contributed by atoms with Gasteiger partial charge in [-0.3, -0.25) is 0 Å². The number of nitrogens with one attached hydrogen (secondary N) is 1. The number of likely N-dealkylation sites (N-methyl/N-ethyl adjacent to an activating group) is 2. The minimum atomic E-state index is 0.378. The first-order valence-corrected chi connectivity index (χ1v) is 7.98. The van der Waals surface area contributed by atoms with Crippen molar-refractivity contribution in [2.75, 3.05) is 27.2 Å². The van der Waals surface area contributed by atoms with Crippen LogP contribution in [0.25, 0.3) is 10.8 Å². The number of fused-ring (bicyclic) bond motifs is 1. The molecule has 0 fully saturated rings. The van der Waals surface area contributed by atoms with Crippen LogP contribution in [0.4, 0.5) is 0 Å². The summed E-state index contributed by atoms with van der Waals surface area (Å²) in [6, 6.07) is 15.7. The third kappa shape index (κ3) is 4.29. The van der Waals surface area contributed by atoms with Crippen LogP contribution in [0.2, 0.25) is 0 Å². The molecule has 21 heavy (non-hydrogen) atoms. The summed E-state index contributed by atoms with van der Waals surface area (Å²) >= 11 is 0. The van der Waals surface area contributed by atoms with Gasteiger partial charge in [-0.15, -0.1) is 0 Å². The zero-order chi connectivity index (χ0) is 15.2. The predicted molar refractivity (Wildman–Crippen MR) is 92.7 cm³/mol. The van der Waals surface area contributed by atoms with Crippen LogP contribution in [-0.4, -0.2) is 32.1 Å². The molecule has 1 N–H and O–H groups in total. The van der Waals surface area contributed by atoms with E-state index in [1.165, 1.54) is 22.8 Å². The summed E-state index contributed by atoms with van der Waals surface area (Å²) in [5, 5.41) is 6.09. The summed E-state index contributed by atoms with van der Waals surface area (Å²) in [5.74, 6) is 0.754. The molecule has 2 rings (SSSR count).